The number of aryl methyl sites for hydroxylation is 1. The molecule has 6 nitrogen and oxygen atoms in total. The van der Waals surface area contributed by atoms with E-state index in [1.54, 1.807) is 25.0 Å². The first kappa shape index (κ1) is 17.6. The van der Waals surface area contributed by atoms with E-state index in [1.807, 2.05) is 37.3 Å². The Morgan fingerprint density at radius 3 is 2.60 bits per heavy atom. The molecule has 0 N–H and O–H groups in total. The third-order valence-corrected chi connectivity index (χ3v) is 4.81. The van der Waals surface area contributed by atoms with Crippen LogP contribution in [0.25, 0.3) is 5.69 Å². The molecule has 8 heteroatoms. The molecule has 1 heterocycles. The van der Waals surface area contributed by atoms with Gasteiger partial charge in [0.2, 0.25) is 5.16 Å². The summed E-state index contributed by atoms with van der Waals surface area (Å²) in [7, 11) is 3.27. The second-order valence-corrected chi connectivity index (χ2v) is 6.67. The number of hydrogen-bond donors (Lipinski definition) is 0. The molecular weight excluding hydrogens is 360 g/mol. The van der Waals surface area contributed by atoms with E-state index in [0.29, 0.717) is 21.7 Å². The van der Waals surface area contributed by atoms with Crippen LogP contribution in [-0.2, 0) is 5.75 Å². The molecule has 0 amide bonds. The predicted molar refractivity (Wildman–Crippen MR) is 98.0 cm³/mol. The molecule has 130 valence electrons. The number of rotatable bonds is 6. The van der Waals surface area contributed by atoms with Gasteiger partial charge in [-0.2, -0.15) is 4.68 Å². The summed E-state index contributed by atoms with van der Waals surface area (Å²) in [4.78, 5) is 0. The van der Waals surface area contributed by atoms with Crippen molar-refractivity contribution in [3.05, 3.63) is 52.5 Å². The summed E-state index contributed by atoms with van der Waals surface area (Å²) in [5.41, 5.74) is 2.87. The number of benzene rings is 2. The Balaban J connectivity index is 1.89. The summed E-state index contributed by atoms with van der Waals surface area (Å²) in [6, 6.07) is 11.4. The minimum atomic E-state index is 0.623. The van der Waals surface area contributed by atoms with Gasteiger partial charge in [0.15, 0.2) is 0 Å². The zero-order valence-corrected chi connectivity index (χ0v) is 15.6. The highest BCUT2D eigenvalue weighted by molar-refractivity contribution is 7.98. The molecule has 0 aliphatic heterocycles. The highest BCUT2D eigenvalue weighted by Crippen LogP contribution is 2.31. The van der Waals surface area contributed by atoms with Crippen molar-refractivity contribution >= 4 is 23.4 Å². The summed E-state index contributed by atoms with van der Waals surface area (Å²) in [6.45, 7) is 2.01. The van der Waals surface area contributed by atoms with E-state index in [4.69, 9.17) is 21.1 Å². The molecule has 0 atom stereocenters. The Hall–Kier alpha value is -2.25. The average molecular weight is 377 g/mol. The molecule has 0 aliphatic rings. The Kier molecular flexibility index (Phi) is 5.45. The lowest BCUT2D eigenvalue weighted by Gasteiger charge is -2.11. The number of tetrazole rings is 1. The van der Waals surface area contributed by atoms with E-state index in [0.717, 1.165) is 22.6 Å². The normalized spacial score (nSPS) is 10.7. The summed E-state index contributed by atoms with van der Waals surface area (Å²) < 4.78 is 12.5. The molecule has 2 aromatic carbocycles. The van der Waals surface area contributed by atoms with Crippen molar-refractivity contribution in [1.29, 1.82) is 0 Å². The summed E-state index contributed by atoms with van der Waals surface area (Å²) in [5.74, 6) is 2.11. The number of nitrogens with zero attached hydrogens (tertiary/aromatic N) is 4. The molecule has 0 unspecified atom stereocenters. The van der Waals surface area contributed by atoms with Crippen LogP contribution < -0.4 is 9.47 Å². The van der Waals surface area contributed by atoms with Gasteiger partial charge in [0.25, 0.3) is 0 Å². The fourth-order valence-corrected chi connectivity index (χ4v) is 3.44. The van der Waals surface area contributed by atoms with Gasteiger partial charge in [-0.15, -0.1) is 5.10 Å². The first-order valence-corrected chi connectivity index (χ1v) is 8.87. The second kappa shape index (κ2) is 7.76. The largest absolute Gasteiger partial charge is 0.496 e. The molecule has 0 saturated carbocycles. The molecule has 3 aromatic rings. The maximum atomic E-state index is 6.09. The summed E-state index contributed by atoms with van der Waals surface area (Å²) in [6.07, 6.45) is 0. The van der Waals surface area contributed by atoms with E-state index >= 15 is 0 Å². The van der Waals surface area contributed by atoms with Crippen molar-refractivity contribution in [2.24, 2.45) is 0 Å². The maximum absolute atomic E-state index is 6.09. The fraction of sp³-hybridized carbons (Fsp3) is 0.235. The van der Waals surface area contributed by atoms with Crippen molar-refractivity contribution in [3.63, 3.8) is 0 Å². The van der Waals surface area contributed by atoms with Crippen molar-refractivity contribution < 1.29 is 9.47 Å². The number of ether oxygens (including phenoxy) is 2. The van der Waals surface area contributed by atoms with Crippen molar-refractivity contribution in [1.82, 2.24) is 20.2 Å². The highest BCUT2D eigenvalue weighted by Gasteiger charge is 2.15. The van der Waals surface area contributed by atoms with Crippen LogP contribution in [0.1, 0.15) is 11.1 Å². The van der Waals surface area contributed by atoms with Crippen LogP contribution in [0.2, 0.25) is 5.02 Å². The first-order chi connectivity index (χ1) is 12.1. The number of hydrogen-bond acceptors (Lipinski definition) is 6. The molecule has 3 rings (SSSR count). The Morgan fingerprint density at radius 1 is 1.08 bits per heavy atom. The number of thioether (sulfide) groups is 1. The Morgan fingerprint density at radius 2 is 1.84 bits per heavy atom. The third-order valence-electron chi connectivity index (χ3n) is 3.60. The Bertz CT molecular complexity index is 885. The lowest BCUT2D eigenvalue weighted by molar-refractivity contribution is 0.410. The number of aromatic nitrogens is 4. The summed E-state index contributed by atoms with van der Waals surface area (Å²) >= 11 is 7.59. The molecule has 1 aromatic heterocycles. The fourth-order valence-electron chi connectivity index (χ4n) is 2.39. The van der Waals surface area contributed by atoms with Gasteiger partial charge in [-0.05, 0) is 53.2 Å². The molecule has 0 saturated heterocycles. The predicted octanol–water partition coefficient (Wildman–Crippen LogP) is 3.93. The van der Waals surface area contributed by atoms with Gasteiger partial charge in [-0.1, -0.05) is 29.4 Å². The molecule has 0 bridgehead atoms. The SMILES string of the molecule is COc1ccc(Cl)cc1CSc1nnnn1-c1cc(C)ccc1OC. The van der Waals surface area contributed by atoms with E-state index in [2.05, 4.69) is 15.5 Å². The van der Waals surface area contributed by atoms with Gasteiger partial charge in [0.1, 0.15) is 17.2 Å². The number of halogens is 1. The standard InChI is InChI=1S/C17H17ClN4O2S/c1-11-4-6-16(24-3)14(8-11)22-17(19-20-21-22)25-10-12-9-13(18)5-7-15(12)23-2/h4-9H,10H2,1-3H3. The van der Waals surface area contributed by atoms with Crippen LogP contribution in [0.15, 0.2) is 41.6 Å². The van der Waals surface area contributed by atoms with Crippen molar-refractivity contribution in [3.8, 4) is 17.2 Å². The minimum Gasteiger partial charge on any atom is -0.496 e. The van der Waals surface area contributed by atoms with Crippen LogP contribution in [0.4, 0.5) is 0 Å². The molecule has 0 aliphatic carbocycles. The third kappa shape index (κ3) is 3.88. The molecule has 0 spiro atoms. The number of methoxy groups -OCH3 is 2. The quantitative estimate of drug-likeness (QED) is 0.607. The molecule has 25 heavy (non-hydrogen) atoms. The van der Waals surface area contributed by atoms with E-state index < -0.39 is 0 Å². The van der Waals surface area contributed by atoms with E-state index in [9.17, 15) is 0 Å². The topological polar surface area (TPSA) is 62.1 Å². The van der Waals surface area contributed by atoms with Crippen LogP contribution in [-0.4, -0.2) is 34.4 Å². The van der Waals surface area contributed by atoms with Gasteiger partial charge in [0.05, 0.1) is 14.2 Å². The second-order valence-electron chi connectivity index (χ2n) is 5.29. The van der Waals surface area contributed by atoms with Crippen LogP contribution in [0.3, 0.4) is 0 Å². The van der Waals surface area contributed by atoms with Gasteiger partial charge >= 0.3 is 0 Å². The molecule has 0 radical (unpaired) electrons. The van der Waals surface area contributed by atoms with Gasteiger partial charge in [0, 0.05) is 16.3 Å². The smallest absolute Gasteiger partial charge is 0.214 e. The van der Waals surface area contributed by atoms with Gasteiger partial charge < -0.3 is 9.47 Å². The highest BCUT2D eigenvalue weighted by atomic mass is 35.5. The maximum Gasteiger partial charge on any atom is 0.214 e. The zero-order chi connectivity index (χ0) is 17.8. The summed E-state index contributed by atoms with van der Waals surface area (Å²) in [5, 5.41) is 13.4. The van der Waals surface area contributed by atoms with Gasteiger partial charge in [-0.25, -0.2) is 0 Å². The van der Waals surface area contributed by atoms with E-state index in [-0.39, 0.29) is 0 Å². The van der Waals surface area contributed by atoms with Gasteiger partial charge in [-0.3, -0.25) is 0 Å². The first-order valence-electron chi connectivity index (χ1n) is 7.51. The van der Waals surface area contributed by atoms with Crippen LogP contribution in [0, 0.1) is 6.92 Å². The lowest BCUT2D eigenvalue weighted by atomic mass is 10.2. The average Bonchev–Trinajstić information content (AvgIpc) is 3.08. The van der Waals surface area contributed by atoms with Crippen molar-refractivity contribution in [2.45, 2.75) is 17.8 Å². The Labute approximate surface area is 155 Å². The monoisotopic (exact) mass is 376 g/mol. The van der Waals surface area contributed by atoms with Crippen LogP contribution >= 0.6 is 23.4 Å². The van der Waals surface area contributed by atoms with E-state index in [1.165, 1.54) is 11.8 Å². The van der Waals surface area contributed by atoms with Crippen molar-refractivity contribution in [2.75, 3.05) is 14.2 Å². The molecular formula is C17H17ClN4O2S. The zero-order valence-electron chi connectivity index (χ0n) is 14.1. The van der Waals surface area contributed by atoms with Crippen LogP contribution in [0.5, 0.6) is 11.5 Å². The minimum absolute atomic E-state index is 0.623. The molecule has 0 fully saturated rings. The lowest BCUT2D eigenvalue weighted by Crippen LogP contribution is -2.02.